The fourth-order valence-corrected chi connectivity index (χ4v) is 3.43. The maximum absolute atomic E-state index is 12.2. The molecule has 0 spiro atoms. The maximum atomic E-state index is 12.2. The number of urea groups is 1. The summed E-state index contributed by atoms with van der Waals surface area (Å²) in [6.45, 7) is 11.2. The van der Waals surface area contributed by atoms with Crippen molar-refractivity contribution in [1.82, 2.24) is 20.0 Å². The van der Waals surface area contributed by atoms with Crippen molar-refractivity contribution in [2.75, 3.05) is 73.1 Å². The first-order valence-corrected chi connectivity index (χ1v) is 9.01. The fourth-order valence-electron chi connectivity index (χ4n) is 3.43. The lowest BCUT2D eigenvalue weighted by atomic mass is 9.96. The Balaban J connectivity index is 1.62. The number of piperazine rings is 1. The van der Waals surface area contributed by atoms with Crippen molar-refractivity contribution >= 4 is 6.03 Å². The molecule has 2 rings (SSSR count). The predicted octanol–water partition coefficient (Wildman–Crippen LogP) is 0.938. The molecule has 2 aliphatic heterocycles. The number of piperidine rings is 1. The van der Waals surface area contributed by atoms with E-state index < -0.39 is 0 Å². The van der Waals surface area contributed by atoms with E-state index in [1.807, 2.05) is 4.90 Å². The van der Waals surface area contributed by atoms with Gasteiger partial charge >= 0.3 is 6.03 Å². The van der Waals surface area contributed by atoms with E-state index in [-0.39, 0.29) is 6.03 Å². The highest BCUT2D eigenvalue weighted by Crippen LogP contribution is 2.19. The fraction of sp³-hybridized carbons (Fsp3) is 0.941. The van der Waals surface area contributed by atoms with Crippen molar-refractivity contribution in [2.45, 2.75) is 19.8 Å². The number of carbonyl (C=O) groups is 1. The van der Waals surface area contributed by atoms with Gasteiger partial charge in [-0.25, -0.2) is 4.79 Å². The van der Waals surface area contributed by atoms with E-state index in [1.54, 1.807) is 7.11 Å². The molecule has 0 aromatic carbocycles. The van der Waals surface area contributed by atoms with E-state index in [2.05, 4.69) is 29.1 Å². The Bertz CT molecular complexity index is 351. The lowest BCUT2D eigenvalue weighted by Crippen LogP contribution is -2.49. The SMILES string of the molecule is COC[C@H](C)CNC(=O)N1CCC(CN2CCN(C)CC2)CC1. The Morgan fingerprint density at radius 1 is 1.17 bits per heavy atom. The predicted molar refractivity (Wildman–Crippen MR) is 92.7 cm³/mol. The standard InChI is InChI=1S/C17H34N4O2/c1-15(14-23-3)12-18-17(22)21-6-4-16(5-7-21)13-20-10-8-19(2)9-11-20/h15-16H,4-14H2,1-3H3,(H,18,22)/t15-/m1/s1. The molecule has 2 fully saturated rings. The summed E-state index contributed by atoms with van der Waals surface area (Å²) in [5.41, 5.74) is 0. The van der Waals surface area contributed by atoms with Crippen LogP contribution in [0.15, 0.2) is 0 Å². The number of nitrogens with zero attached hydrogens (tertiary/aromatic N) is 3. The number of rotatable bonds is 6. The first-order chi connectivity index (χ1) is 11.1. The molecule has 0 bridgehead atoms. The van der Waals surface area contributed by atoms with Gasteiger partial charge in [-0.1, -0.05) is 6.92 Å². The summed E-state index contributed by atoms with van der Waals surface area (Å²) in [5, 5.41) is 3.03. The number of ether oxygens (including phenoxy) is 1. The average Bonchev–Trinajstić information content (AvgIpc) is 2.56. The van der Waals surface area contributed by atoms with Crippen LogP contribution in [0, 0.1) is 11.8 Å². The molecule has 1 atom stereocenters. The number of carbonyl (C=O) groups excluding carboxylic acids is 1. The number of likely N-dealkylation sites (N-methyl/N-ethyl adjacent to an activating group) is 1. The summed E-state index contributed by atoms with van der Waals surface area (Å²) in [4.78, 5) is 19.2. The van der Waals surface area contributed by atoms with Crippen LogP contribution >= 0.6 is 0 Å². The molecule has 0 saturated carbocycles. The van der Waals surface area contributed by atoms with E-state index in [4.69, 9.17) is 4.74 Å². The second-order valence-corrected chi connectivity index (χ2v) is 7.28. The van der Waals surface area contributed by atoms with Crippen molar-refractivity contribution in [3.8, 4) is 0 Å². The van der Waals surface area contributed by atoms with Gasteiger partial charge in [-0.2, -0.15) is 0 Å². The summed E-state index contributed by atoms with van der Waals surface area (Å²) in [6, 6.07) is 0.0889. The van der Waals surface area contributed by atoms with E-state index in [0.717, 1.165) is 31.8 Å². The van der Waals surface area contributed by atoms with Crippen molar-refractivity contribution in [3.05, 3.63) is 0 Å². The summed E-state index contributed by atoms with van der Waals surface area (Å²) in [6.07, 6.45) is 2.26. The zero-order valence-electron chi connectivity index (χ0n) is 15.1. The molecule has 0 unspecified atom stereocenters. The Kier molecular flexibility index (Phi) is 7.59. The molecule has 6 nitrogen and oxygen atoms in total. The third-order valence-corrected chi connectivity index (χ3v) is 5.07. The zero-order chi connectivity index (χ0) is 16.7. The van der Waals surface area contributed by atoms with Crippen LogP contribution < -0.4 is 5.32 Å². The molecule has 1 N–H and O–H groups in total. The second-order valence-electron chi connectivity index (χ2n) is 7.28. The van der Waals surface area contributed by atoms with Crippen LogP contribution in [0.1, 0.15) is 19.8 Å². The van der Waals surface area contributed by atoms with Crippen LogP contribution in [0.3, 0.4) is 0 Å². The van der Waals surface area contributed by atoms with Gasteiger partial charge in [0, 0.05) is 59.5 Å². The van der Waals surface area contributed by atoms with E-state index in [1.165, 1.54) is 32.7 Å². The first kappa shape index (κ1) is 18.5. The molecular weight excluding hydrogens is 292 g/mol. The number of likely N-dealkylation sites (tertiary alicyclic amines) is 1. The Hall–Kier alpha value is -0.850. The van der Waals surface area contributed by atoms with Gasteiger partial charge in [0.15, 0.2) is 0 Å². The van der Waals surface area contributed by atoms with E-state index in [9.17, 15) is 4.79 Å². The first-order valence-electron chi connectivity index (χ1n) is 9.01. The van der Waals surface area contributed by atoms with Crippen LogP contribution in [0.25, 0.3) is 0 Å². The molecule has 0 aromatic heterocycles. The normalized spacial score (nSPS) is 23.0. The van der Waals surface area contributed by atoms with Gasteiger partial charge in [-0.05, 0) is 31.7 Å². The smallest absolute Gasteiger partial charge is 0.317 e. The number of hydrogen-bond donors (Lipinski definition) is 1. The van der Waals surface area contributed by atoms with Gasteiger partial charge in [0.1, 0.15) is 0 Å². The van der Waals surface area contributed by atoms with Crippen molar-refractivity contribution in [3.63, 3.8) is 0 Å². The zero-order valence-corrected chi connectivity index (χ0v) is 15.1. The minimum atomic E-state index is 0.0889. The van der Waals surface area contributed by atoms with Crippen LogP contribution in [0.4, 0.5) is 4.79 Å². The minimum Gasteiger partial charge on any atom is -0.384 e. The lowest BCUT2D eigenvalue weighted by Gasteiger charge is -2.38. The molecule has 23 heavy (non-hydrogen) atoms. The summed E-state index contributed by atoms with van der Waals surface area (Å²) >= 11 is 0. The van der Waals surface area contributed by atoms with E-state index >= 15 is 0 Å². The second kappa shape index (κ2) is 9.45. The Labute approximate surface area is 141 Å². The Morgan fingerprint density at radius 2 is 1.83 bits per heavy atom. The van der Waals surface area contributed by atoms with Crippen molar-refractivity contribution < 1.29 is 9.53 Å². The van der Waals surface area contributed by atoms with Crippen molar-refractivity contribution in [1.29, 1.82) is 0 Å². The minimum absolute atomic E-state index is 0.0889. The van der Waals surface area contributed by atoms with Gasteiger partial charge in [-0.3, -0.25) is 0 Å². The van der Waals surface area contributed by atoms with Crippen LogP contribution in [-0.2, 0) is 4.74 Å². The molecule has 0 aromatic rings. The maximum Gasteiger partial charge on any atom is 0.317 e. The molecule has 2 heterocycles. The van der Waals surface area contributed by atoms with Gasteiger partial charge < -0.3 is 24.8 Å². The van der Waals surface area contributed by atoms with Gasteiger partial charge in [0.25, 0.3) is 0 Å². The molecule has 2 amide bonds. The highest BCUT2D eigenvalue weighted by Gasteiger charge is 2.25. The monoisotopic (exact) mass is 326 g/mol. The largest absolute Gasteiger partial charge is 0.384 e. The topological polar surface area (TPSA) is 48.1 Å². The summed E-state index contributed by atoms with van der Waals surface area (Å²) < 4.78 is 5.10. The number of amides is 2. The van der Waals surface area contributed by atoms with E-state index in [0.29, 0.717) is 19.1 Å². The number of methoxy groups -OCH3 is 1. The summed E-state index contributed by atoms with van der Waals surface area (Å²) in [5.74, 6) is 1.11. The third kappa shape index (κ3) is 6.28. The highest BCUT2D eigenvalue weighted by atomic mass is 16.5. The van der Waals surface area contributed by atoms with Crippen LogP contribution in [0.2, 0.25) is 0 Å². The number of hydrogen-bond acceptors (Lipinski definition) is 4. The molecule has 2 aliphatic rings. The quantitative estimate of drug-likeness (QED) is 0.789. The molecule has 134 valence electrons. The Morgan fingerprint density at radius 3 is 2.43 bits per heavy atom. The third-order valence-electron chi connectivity index (χ3n) is 5.07. The molecular formula is C17H34N4O2. The van der Waals surface area contributed by atoms with Gasteiger partial charge in [0.05, 0.1) is 6.61 Å². The highest BCUT2D eigenvalue weighted by molar-refractivity contribution is 5.74. The molecule has 0 radical (unpaired) electrons. The van der Waals surface area contributed by atoms with Crippen LogP contribution in [0.5, 0.6) is 0 Å². The lowest BCUT2D eigenvalue weighted by molar-refractivity contribution is 0.110. The average molecular weight is 326 g/mol. The molecule has 0 aliphatic carbocycles. The summed E-state index contributed by atoms with van der Waals surface area (Å²) in [7, 11) is 3.89. The van der Waals surface area contributed by atoms with Crippen LogP contribution in [-0.4, -0.2) is 93.9 Å². The number of nitrogens with one attached hydrogen (secondary N) is 1. The van der Waals surface area contributed by atoms with Gasteiger partial charge in [0.2, 0.25) is 0 Å². The molecule has 6 heteroatoms. The van der Waals surface area contributed by atoms with Gasteiger partial charge in [-0.15, -0.1) is 0 Å². The van der Waals surface area contributed by atoms with Crippen molar-refractivity contribution in [2.24, 2.45) is 11.8 Å². The molecule has 2 saturated heterocycles.